The average Bonchev–Trinajstić information content (AvgIpc) is 2.96. The summed E-state index contributed by atoms with van der Waals surface area (Å²) in [5.41, 5.74) is 4.22. The maximum Gasteiger partial charge on any atom is 0.363 e. The maximum atomic E-state index is 12.1. The molecule has 1 heterocycles. The molecule has 0 bridgehead atoms. The van der Waals surface area contributed by atoms with Gasteiger partial charge in [0.2, 0.25) is 5.90 Å². The van der Waals surface area contributed by atoms with Gasteiger partial charge < -0.3 is 9.47 Å². The number of aliphatic imine (C=N–C) groups is 1. The summed E-state index contributed by atoms with van der Waals surface area (Å²) < 4.78 is 10.6. The third kappa shape index (κ3) is 3.23. The topological polar surface area (TPSA) is 47.9 Å². The highest BCUT2D eigenvalue weighted by atomic mass is 16.6. The Kier molecular flexibility index (Phi) is 4.47. The minimum absolute atomic E-state index is 0.304. The standard InChI is InChI=1S/C20H19NO3/c1-4-15-11-14(7-10-18(15)23-3)12-17-20(22)24-19(21-17)16-8-5-13(2)6-9-16/h5-12H,4H2,1-3H3/b17-12+. The van der Waals surface area contributed by atoms with Gasteiger partial charge in [0.05, 0.1) is 7.11 Å². The molecule has 0 aliphatic carbocycles. The SMILES string of the molecule is CCc1cc(/C=C2/N=C(c3ccc(C)cc3)OC2=O)ccc1OC. The summed E-state index contributed by atoms with van der Waals surface area (Å²) in [5.74, 6) is 0.757. The number of hydrogen-bond acceptors (Lipinski definition) is 4. The predicted molar refractivity (Wildman–Crippen MR) is 94.2 cm³/mol. The summed E-state index contributed by atoms with van der Waals surface area (Å²) in [5, 5.41) is 0. The van der Waals surface area contributed by atoms with Gasteiger partial charge in [0, 0.05) is 5.56 Å². The molecule has 0 unspecified atom stereocenters. The van der Waals surface area contributed by atoms with Crippen LogP contribution in [0.3, 0.4) is 0 Å². The van der Waals surface area contributed by atoms with Crippen LogP contribution >= 0.6 is 0 Å². The quantitative estimate of drug-likeness (QED) is 0.633. The van der Waals surface area contributed by atoms with E-state index in [1.165, 1.54) is 0 Å². The lowest BCUT2D eigenvalue weighted by atomic mass is 10.1. The fraction of sp³-hybridized carbons (Fsp3) is 0.200. The Morgan fingerprint density at radius 1 is 1.17 bits per heavy atom. The van der Waals surface area contributed by atoms with Gasteiger partial charge in [0.1, 0.15) is 5.75 Å². The van der Waals surface area contributed by atoms with Crippen LogP contribution in [0.25, 0.3) is 6.08 Å². The zero-order valence-electron chi connectivity index (χ0n) is 14.0. The zero-order valence-corrected chi connectivity index (χ0v) is 14.0. The van der Waals surface area contributed by atoms with Gasteiger partial charge in [-0.1, -0.05) is 30.7 Å². The van der Waals surface area contributed by atoms with E-state index in [2.05, 4.69) is 11.9 Å². The van der Waals surface area contributed by atoms with Crippen molar-refractivity contribution in [3.63, 3.8) is 0 Å². The van der Waals surface area contributed by atoms with Crippen LogP contribution < -0.4 is 4.74 Å². The second-order valence-electron chi connectivity index (χ2n) is 5.63. The average molecular weight is 321 g/mol. The Hall–Kier alpha value is -2.88. The van der Waals surface area contributed by atoms with Gasteiger partial charge in [-0.25, -0.2) is 9.79 Å². The minimum atomic E-state index is -0.431. The molecule has 0 fully saturated rings. The van der Waals surface area contributed by atoms with Gasteiger partial charge in [-0.2, -0.15) is 0 Å². The summed E-state index contributed by atoms with van der Waals surface area (Å²) in [6.45, 7) is 4.07. The van der Waals surface area contributed by atoms with Crippen LogP contribution in [-0.4, -0.2) is 19.0 Å². The van der Waals surface area contributed by atoms with Crippen molar-refractivity contribution < 1.29 is 14.3 Å². The van der Waals surface area contributed by atoms with Crippen molar-refractivity contribution in [2.24, 2.45) is 4.99 Å². The number of rotatable bonds is 4. The number of hydrogen-bond donors (Lipinski definition) is 0. The lowest BCUT2D eigenvalue weighted by molar-refractivity contribution is -0.129. The van der Waals surface area contributed by atoms with Crippen molar-refractivity contribution in [2.45, 2.75) is 20.3 Å². The second-order valence-corrected chi connectivity index (χ2v) is 5.63. The molecule has 1 aliphatic rings. The number of carbonyl (C=O) groups excluding carboxylic acids is 1. The third-order valence-electron chi connectivity index (χ3n) is 3.91. The van der Waals surface area contributed by atoms with Crippen LogP contribution in [0, 0.1) is 6.92 Å². The number of nitrogens with zero attached hydrogens (tertiary/aromatic N) is 1. The molecule has 0 aromatic heterocycles. The number of methoxy groups -OCH3 is 1. The number of ether oxygens (including phenoxy) is 2. The van der Waals surface area contributed by atoms with Gasteiger partial charge in [-0.15, -0.1) is 0 Å². The molecule has 0 amide bonds. The summed E-state index contributed by atoms with van der Waals surface area (Å²) >= 11 is 0. The smallest absolute Gasteiger partial charge is 0.363 e. The molecule has 0 atom stereocenters. The number of carbonyl (C=O) groups is 1. The van der Waals surface area contributed by atoms with Crippen LogP contribution in [-0.2, 0) is 16.0 Å². The molecular weight excluding hydrogens is 302 g/mol. The lowest BCUT2D eigenvalue weighted by Crippen LogP contribution is -2.05. The van der Waals surface area contributed by atoms with E-state index in [0.29, 0.717) is 11.6 Å². The van der Waals surface area contributed by atoms with E-state index in [4.69, 9.17) is 9.47 Å². The van der Waals surface area contributed by atoms with Crippen LogP contribution in [0.1, 0.15) is 29.2 Å². The Morgan fingerprint density at radius 3 is 2.58 bits per heavy atom. The van der Waals surface area contributed by atoms with Gasteiger partial charge in [-0.3, -0.25) is 0 Å². The van der Waals surface area contributed by atoms with E-state index >= 15 is 0 Å². The molecule has 0 saturated carbocycles. The molecule has 1 aliphatic heterocycles. The van der Waals surface area contributed by atoms with Gasteiger partial charge >= 0.3 is 5.97 Å². The van der Waals surface area contributed by atoms with Crippen LogP contribution in [0.2, 0.25) is 0 Å². The summed E-state index contributed by atoms with van der Waals surface area (Å²) in [4.78, 5) is 16.4. The monoisotopic (exact) mass is 321 g/mol. The Morgan fingerprint density at radius 2 is 1.92 bits per heavy atom. The Balaban J connectivity index is 1.92. The highest BCUT2D eigenvalue weighted by molar-refractivity contribution is 6.12. The van der Waals surface area contributed by atoms with E-state index in [0.717, 1.165) is 34.4 Å². The Bertz CT molecular complexity index is 832. The van der Waals surface area contributed by atoms with E-state index in [1.807, 2.05) is 49.4 Å². The number of esters is 1. The zero-order chi connectivity index (χ0) is 17.1. The minimum Gasteiger partial charge on any atom is -0.496 e. The number of aryl methyl sites for hydroxylation is 2. The maximum absolute atomic E-state index is 12.1. The van der Waals surface area contributed by atoms with Gasteiger partial charge in [-0.05, 0) is 54.8 Å². The van der Waals surface area contributed by atoms with Gasteiger partial charge in [0.15, 0.2) is 5.70 Å². The fourth-order valence-electron chi connectivity index (χ4n) is 2.55. The summed E-state index contributed by atoms with van der Waals surface area (Å²) in [7, 11) is 1.65. The highest BCUT2D eigenvalue weighted by Gasteiger charge is 2.24. The number of cyclic esters (lactones) is 1. The van der Waals surface area contributed by atoms with Crippen molar-refractivity contribution in [1.29, 1.82) is 0 Å². The molecule has 122 valence electrons. The molecule has 4 heteroatoms. The summed E-state index contributed by atoms with van der Waals surface area (Å²) in [6, 6.07) is 13.5. The number of benzene rings is 2. The molecule has 3 rings (SSSR count). The highest BCUT2D eigenvalue weighted by Crippen LogP contribution is 2.24. The first-order valence-corrected chi connectivity index (χ1v) is 7.87. The molecular formula is C20H19NO3. The Labute approximate surface area is 141 Å². The van der Waals surface area contributed by atoms with Crippen molar-refractivity contribution in [1.82, 2.24) is 0 Å². The second kappa shape index (κ2) is 6.71. The van der Waals surface area contributed by atoms with E-state index in [-0.39, 0.29) is 0 Å². The first kappa shape index (κ1) is 16.0. The molecule has 24 heavy (non-hydrogen) atoms. The van der Waals surface area contributed by atoms with E-state index in [9.17, 15) is 4.79 Å². The fourth-order valence-corrected chi connectivity index (χ4v) is 2.55. The first-order chi connectivity index (χ1) is 11.6. The van der Waals surface area contributed by atoms with Crippen LogP contribution in [0.5, 0.6) is 5.75 Å². The molecule has 2 aromatic carbocycles. The lowest BCUT2D eigenvalue weighted by Gasteiger charge is -2.07. The molecule has 0 N–H and O–H groups in total. The van der Waals surface area contributed by atoms with Crippen molar-refractivity contribution in [2.75, 3.05) is 7.11 Å². The summed E-state index contributed by atoms with van der Waals surface area (Å²) in [6.07, 6.45) is 2.59. The van der Waals surface area contributed by atoms with Crippen LogP contribution in [0.4, 0.5) is 0 Å². The first-order valence-electron chi connectivity index (χ1n) is 7.87. The van der Waals surface area contributed by atoms with E-state index in [1.54, 1.807) is 13.2 Å². The molecule has 4 nitrogen and oxygen atoms in total. The predicted octanol–water partition coefficient (Wildman–Crippen LogP) is 3.91. The molecule has 2 aromatic rings. The van der Waals surface area contributed by atoms with Crippen molar-refractivity contribution >= 4 is 17.9 Å². The van der Waals surface area contributed by atoms with Gasteiger partial charge in [0.25, 0.3) is 0 Å². The molecule has 0 saturated heterocycles. The molecule has 0 spiro atoms. The van der Waals surface area contributed by atoms with E-state index < -0.39 is 5.97 Å². The third-order valence-corrected chi connectivity index (χ3v) is 3.91. The van der Waals surface area contributed by atoms with Crippen molar-refractivity contribution in [3.8, 4) is 5.75 Å². The molecule has 0 radical (unpaired) electrons. The van der Waals surface area contributed by atoms with Crippen LogP contribution in [0.15, 0.2) is 53.2 Å². The largest absolute Gasteiger partial charge is 0.496 e. The normalized spacial score (nSPS) is 15.4. The van der Waals surface area contributed by atoms with Crippen molar-refractivity contribution in [3.05, 3.63) is 70.4 Å².